The van der Waals surface area contributed by atoms with Gasteiger partial charge < -0.3 is 0 Å². The van der Waals surface area contributed by atoms with Crippen LogP contribution < -0.4 is 0 Å². The maximum atomic E-state index is 2.29. The lowest BCUT2D eigenvalue weighted by molar-refractivity contribution is 1.13. The number of hydrogen-bond donors (Lipinski definition) is 0. The summed E-state index contributed by atoms with van der Waals surface area (Å²) in [4.78, 5) is 0. The summed E-state index contributed by atoms with van der Waals surface area (Å²) in [6, 6.07) is 8.64. The molecule has 0 bridgehead atoms. The largest absolute Gasteiger partial charge is 0.0801 e. The van der Waals surface area contributed by atoms with Crippen molar-refractivity contribution in [1.82, 2.24) is 0 Å². The van der Waals surface area contributed by atoms with Gasteiger partial charge in [0.1, 0.15) is 0 Å². The van der Waals surface area contributed by atoms with Crippen molar-refractivity contribution in [2.45, 2.75) is 19.8 Å². The smallest absolute Gasteiger partial charge is 0.0155 e. The molecule has 0 fully saturated rings. The maximum absolute atomic E-state index is 2.29. The summed E-state index contributed by atoms with van der Waals surface area (Å²) in [7, 11) is 0. The lowest BCUT2D eigenvalue weighted by atomic mass is 9.99. The van der Waals surface area contributed by atoms with Crippen molar-refractivity contribution < 1.29 is 0 Å². The Morgan fingerprint density at radius 1 is 1.23 bits per heavy atom. The molecule has 1 aliphatic rings. The molecular formula is C13H14. The van der Waals surface area contributed by atoms with Crippen molar-refractivity contribution in [2.24, 2.45) is 0 Å². The predicted octanol–water partition coefficient (Wildman–Crippen LogP) is 3.59. The van der Waals surface area contributed by atoms with E-state index >= 15 is 0 Å². The topological polar surface area (TPSA) is 0 Å². The van der Waals surface area contributed by atoms with E-state index in [2.05, 4.69) is 49.4 Å². The molecule has 0 saturated heterocycles. The van der Waals surface area contributed by atoms with E-state index in [9.17, 15) is 0 Å². The van der Waals surface area contributed by atoms with Gasteiger partial charge in [-0.1, -0.05) is 49.4 Å². The zero-order valence-electron chi connectivity index (χ0n) is 7.96. The Bertz CT molecular complexity index is 356. The Morgan fingerprint density at radius 2 is 2.08 bits per heavy atom. The Morgan fingerprint density at radius 3 is 2.77 bits per heavy atom. The fourth-order valence-electron chi connectivity index (χ4n) is 1.77. The zero-order chi connectivity index (χ0) is 9.10. The molecule has 0 saturated carbocycles. The molecule has 0 unspecified atom stereocenters. The number of aryl methyl sites for hydroxylation is 1. The van der Waals surface area contributed by atoms with Crippen molar-refractivity contribution in [3.8, 4) is 0 Å². The van der Waals surface area contributed by atoms with E-state index in [1.54, 1.807) is 0 Å². The fourth-order valence-corrected chi connectivity index (χ4v) is 1.77. The number of allylic oxidation sites excluding steroid dienone is 4. The van der Waals surface area contributed by atoms with Gasteiger partial charge in [0.25, 0.3) is 0 Å². The zero-order valence-corrected chi connectivity index (χ0v) is 7.96. The van der Waals surface area contributed by atoms with Gasteiger partial charge in [0.2, 0.25) is 0 Å². The first-order valence-electron chi connectivity index (χ1n) is 4.87. The van der Waals surface area contributed by atoms with Crippen LogP contribution in [-0.4, -0.2) is 0 Å². The van der Waals surface area contributed by atoms with Crippen LogP contribution in [-0.2, 0) is 6.42 Å². The predicted molar refractivity (Wildman–Crippen MR) is 57.6 cm³/mol. The molecule has 0 radical (unpaired) electrons. The quantitative estimate of drug-likeness (QED) is 0.636. The van der Waals surface area contributed by atoms with E-state index in [-0.39, 0.29) is 0 Å². The molecule has 0 amide bonds. The summed E-state index contributed by atoms with van der Waals surface area (Å²) >= 11 is 0. The average molecular weight is 170 g/mol. The van der Waals surface area contributed by atoms with Crippen LogP contribution in [0.15, 0.2) is 42.5 Å². The number of rotatable bonds is 2. The summed E-state index contributed by atoms with van der Waals surface area (Å²) in [5.74, 6) is 0. The molecule has 0 nitrogen and oxygen atoms in total. The molecule has 1 aromatic carbocycles. The second kappa shape index (κ2) is 3.61. The van der Waals surface area contributed by atoms with Gasteiger partial charge >= 0.3 is 0 Å². The van der Waals surface area contributed by atoms with Crippen LogP contribution >= 0.6 is 0 Å². The van der Waals surface area contributed by atoms with Gasteiger partial charge in [-0.25, -0.2) is 0 Å². The molecule has 2 rings (SSSR count). The molecule has 0 N–H and O–H groups in total. The van der Waals surface area contributed by atoms with Crippen molar-refractivity contribution >= 4 is 5.57 Å². The standard InChI is InChI=1S/C13H14/c1-2-11-7-5-6-10-13(11)12-8-3-4-9-12/h3,5-10H,2,4H2,1H3. The molecule has 0 spiro atoms. The van der Waals surface area contributed by atoms with E-state index < -0.39 is 0 Å². The highest BCUT2D eigenvalue weighted by Crippen LogP contribution is 2.24. The monoisotopic (exact) mass is 170 g/mol. The third-order valence-electron chi connectivity index (χ3n) is 2.48. The lowest BCUT2D eigenvalue weighted by Gasteiger charge is -2.06. The third kappa shape index (κ3) is 1.57. The van der Waals surface area contributed by atoms with Gasteiger partial charge in [-0.15, -0.1) is 0 Å². The Kier molecular flexibility index (Phi) is 2.31. The first-order valence-corrected chi connectivity index (χ1v) is 4.87. The van der Waals surface area contributed by atoms with Gasteiger partial charge in [-0.3, -0.25) is 0 Å². The molecule has 0 heteroatoms. The molecule has 66 valence electrons. The van der Waals surface area contributed by atoms with Crippen molar-refractivity contribution in [3.05, 3.63) is 53.6 Å². The van der Waals surface area contributed by atoms with Gasteiger partial charge in [0.15, 0.2) is 0 Å². The van der Waals surface area contributed by atoms with Gasteiger partial charge in [0.05, 0.1) is 0 Å². The van der Waals surface area contributed by atoms with Crippen LogP contribution in [0.2, 0.25) is 0 Å². The molecule has 1 aliphatic carbocycles. The van der Waals surface area contributed by atoms with E-state index in [1.165, 1.54) is 16.7 Å². The van der Waals surface area contributed by atoms with Crippen LogP contribution in [0.3, 0.4) is 0 Å². The van der Waals surface area contributed by atoms with Gasteiger partial charge in [-0.2, -0.15) is 0 Å². The lowest BCUT2D eigenvalue weighted by Crippen LogP contribution is -1.88. The van der Waals surface area contributed by atoms with Crippen LogP contribution in [0.25, 0.3) is 5.57 Å². The van der Waals surface area contributed by atoms with Gasteiger partial charge in [-0.05, 0) is 29.5 Å². The first-order chi connectivity index (χ1) is 6.42. The van der Waals surface area contributed by atoms with Gasteiger partial charge in [0, 0.05) is 0 Å². The van der Waals surface area contributed by atoms with E-state index in [0.29, 0.717) is 0 Å². The second-order valence-corrected chi connectivity index (χ2v) is 3.31. The number of hydrogen-bond acceptors (Lipinski definition) is 0. The number of benzene rings is 1. The minimum Gasteiger partial charge on any atom is -0.0801 e. The highest BCUT2D eigenvalue weighted by atomic mass is 14.1. The van der Waals surface area contributed by atoms with Crippen LogP contribution in [0.5, 0.6) is 0 Å². The summed E-state index contributed by atoms with van der Waals surface area (Å²) in [6.07, 6.45) is 8.92. The van der Waals surface area contributed by atoms with Crippen LogP contribution in [0, 0.1) is 0 Å². The fraction of sp³-hybridized carbons (Fsp3) is 0.231. The first kappa shape index (κ1) is 8.31. The maximum Gasteiger partial charge on any atom is -0.0155 e. The van der Waals surface area contributed by atoms with Crippen molar-refractivity contribution in [2.75, 3.05) is 0 Å². The summed E-state index contributed by atoms with van der Waals surface area (Å²) in [5, 5.41) is 0. The molecule has 0 aromatic heterocycles. The Balaban J connectivity index is 2.44. The summed E-state index contributed by atoms with van der Waals surface area (Å²) < 4.78 is 0. The van der Waals surface area contributed by atoms with Crippen LogP contribution in [0.1, 0.15) is 24.5 Å². The Labute approximate surface area is 79.6 Å². The minimum absolute atomic E-state index is 1.09. The highest BCUT2D eigenvalue weighted by Gasteiger charge is 2.04. The Hall–Kier alpha value is -1.30. The normalized spacial score (nSPS) is 14.7. The van der Waals surface area contributed by atoms with E-state index in [0.717, 1.165) is 12.8 Å². The third-order valence-corrected chi connectivity index (χ3v) is 2.48. The molecular weight excluding hydrogens is 156 g/mol. The highest BCUT2D eigenvalue weighted by molar-refractivity contribution is 5.78. The van der Waals surface area contributed by atoms with Crippen molar-refractivity contribution in [1.29, 1.82) is 0 Å². The summed E-state index contributed by atoms with van der Waals surface area (Å²) in [6.45, 7) is 2.21. The molecule has 1 aromatic rings. The van der Waals surface area contributed by atoms with Crippen molar-refractivity contribution in [3.63, 3.8) is 0 Å². The summed E-state index contributed by atoms with van der Waals surface area (Å²) in [5.41, 5.74) is 4.23. The molecule has 0 heterocycles. The minimum atomic E-state index is 1.09. The van der Waals surface area contributed by atoms with E-state index in [1.807, 2.05) is 0 Å². The molecule has 0 aliphatic heterocycles. The molecule has 13 heavy (non-hydrogen) atoms. The molecule has 0 atom stereocenters. The SMILES string of the molecule is CCc1ccccc1C1=CCC=C1. The average Bonchev–Trinajstić information content (AvgIpc) is 2.70. The van der Waals surface area contributed by atoms with Crippen LogP contribution in [0.4, 0.5) is 0 Å². The second-order valence-electron chi connectivity index (χ2n) is 3.31. The van der Waals surface area contributed by atoms with E-state index in [4.69, 9.17) is 0 Å².